The minimum atomic E-state index is -0.200. The number of carbonyl (C=O) groups is 1. The van der Waals surface area contributed by atoms with E-state index in [4.69, 9.17) is 0 Å². The standard InChI is InChI=1S/C19H23N2O/c1-13-8-7-11-20(15(13)3)16(4)19(22)21-14(2)12-17-9-5-6-10-18(17)21/h5-11,14,16H,12H2,1-4H3/q+1/t14-,16+/m0/s1. The fourth-order valence-corrected chi connectivity index (χ4v) is 3.36. The van der Waals surface area contributed by atoms with Gasteiger partial charge in [-0.15, -0.1) is 0 Å². The van der Waals surface area contributed by atoms with Crippen molar-refractivity contribution in [3.8, 4) is 0 Å². The zero-order valence-corrected chi connectivity index (χ0v) is 13.7. The first-order valence-corrected chi connectivity index (χ1v) is 7.89. The van der Waals surface area contributed by atoms with Gasteiger partial charge in [0.05, 0.1) is 0 Å². The lowest BCUT2D eigenvalue weighted by Crippen LogP contribution is -2.51. The van der Waals surface area contributed by atoms with Crippen LogP contribution in [0, 0.1) is 13.8 Å². The SMILES string of the molecule is Cc1ccc[n+]([C@H](C)C(=O)N2c3ccccc3C[C@@H]2C)c1C. The molecule has 0 spiro atoms. The molecule has 0 bridgehead atoms. The minimum absolute atomic E-state index is 0.163. The number of aromatic nitrogens is 1. The number of amides is 1. The summed E-state index contributed by atoms with van der Waals surface area (Å²) >= 11 is 0. The highest BCUT2D eigenvalue weighted by atomic mass is 16.2. The lowest BCUT2D eigenvalue weighted by molar-refractivity contribution is -0.711. The fourth-order valence-electron chi connectivity index (χ4n) is 3.36. The van der Waals surface area contributed by atoms with Gasteiger partial charge in [0.2, 0.25) is 6.04 Å². The quantitative estimate of drug-likeness (QED) is 0.781. The van der Waals surface area contributed by atoms with E-state index in [9.17, 15) is 4.79 Å². The van der Waals surface area contributed by atoms with Gasteiger partial charge in [-0.3, -0.25) is 4.79 Å². The second-order valence-corrected chi connectivity index (χ2v) is 6.25. The monoisotopic (exact) mass is 295 g/mol. The second kappa shape index (κ2) is 5.56. The number of carbonyl (C=O) groups excluding carboxylic acids is 1. The molecule has 0 unspecified atom stereocenters. The van der Waals surface area contributed by atoms with Crippen LogP contribution in [0.25, 0.3) is 0 Å². The molecule has 3 nitrogen and oxygen atoms in total. The molecule has 2 heterocycles. The molecule has 0 saturated carbocycles. The molecule has 3 heteroatoms. The maximum Gasteiger partial charge on any atom is 0.296 e. The van der Waals surface area contributed by atoms with Crippen LogP contribution in [-0.2, 0) is 11.2 Å². The van der Waals surface area contributed by atoms with Crippen LogP contribution in [0.5, 0.6) is 0 Å². The first kappa shape index (κ1) is 14.8. The second-order valence-electron chi connectivity index (χ2n) is 6.25. The molecular formula is C19H23N2O+. The number of hydrogen-bond donors (Lipinski definition) is 0. The zero-order valence-electron chi connectivity index (χ0n) is 13.7. The Hall–Kier alpha value is -2.16. The van der Waals surface area contributed by atoms with Crippen molar-refractivity contribution in [1.29, 1.82) is 0 Å². The molecule has 114 valence electrons. The molecule has 1 aromatic heterocycles. The van der Waals surface area contributed by atoms with Gasteiger partial charge in [-0.25, -0.2) is 0 Å². The molecule has 1 aliphatic rings. The van der Waals surface area contributed by atoms with Crippen LogP contribution >= 0.6 is 0 Å². The lowest BCUT2D eigenvalue weighted by atomic mass is 10.1. The average molecular weight is 295 g/mol. The molecule has 1 amide bonds. The molecule has 1 aromatic carbocycles. The van der Waals surface area contributed by atoms with Crippen LogP contribution < -0.4 is 9.47 Å². The number of benzene rings is 1. The molecular weight excluding hydrogens is 272 g/mol. The lowest BCUT2D eigenvalue weighted by Gasteiger charge is -2.24. The molecule has 1 aliphatic heterocycles. The van der Waals surface area contributed by atoms with Crippen molar-refractivity contribution in [3.63, 3.8) is 0 Å². The van der Waals surface area contributed by atoms with Crippen molar-refractivity contribution in [2.75, 3.05) is 4.90 Å². The highest BCUT2D eigenvalue weighted by Crippen LogP contribution is 2.33. The van der Waals surface area contributed by atoms with Crippen molar-refractivity contribution in [3.05, 3.63) is 59.4 Å². The van der Waals surface area contributed by atoms with Crippen LogP contribution in [-0.4, -0.2) is 11.9 Å². The predicted molar refractivity (Wildman–Crippen MR) is 87.9 cm³/mol. The van der Waals surface area contributed by atoms with E-state index >= 15 is 0 Å². The molecule has 0 radical (unpaired) electrons. The van der Waals surface area contributed by atoms with E-state index < -0.39 is 0 Å². The van der Waals surface area contributed by atoms with Crippen molar-refractivity contribution in [2.45, 2.75) is 46.2 Å². The van der Waals surface area contributed by atoms with Gasteiger partial charge in [0.25, 0.3) is 5.91 Å². The Kier molecular flexibility index (Phi) is 3.73. The normalized spacial score (nSPS) is 18.2. The van der Waals surface area contributed by atoms with Gasteiger partial charge in [-0.1, -0.05) is 18.2 Å². The highest BCUT2D eigenvalue weighted by Gasteiger charge is 2.37. The minimum Gasteiger partial charge on any atom is -0.303 e. The molecule has 2 atom stereocenters. The first-order valence-electron chi connectivity index (χ1n) is 7.89. The smallest absolute Gasteiger partial charge is 0.296 e. The summed E-state index contributed by atoms with van der Waals surface area (Å²) in [6.45, 7) is 8.26. The Morgan fingerprint density at radius 3 is 2.73 bits per heavy atom. The predicted octanol–water partition coefficient (Wildman–Crippen LogP) is 3.13. The van der Waals surface area contributed by atoms with E-state index in [1.54, 1.807) is 0 Å². The van der Waals surface area contributed by atoms with Crippen LogP contribution in [0.2, 0.25) is 0 Å². The zero-order chi connectivity index (χ0) is 15.9. The third-order valence-electron chi connectivity index (χ3n) is 4.77. The van der Waals surface area contributed by atoms with Gasteiger partial charge >= 0.3 is 0 Å². The third-order valence-corrected chi connectivity index (χ3v) is 4.77. The van der Waals surface area contributed by atoms with Gasteiger partial charge in [0.1, 0.15) is 0 Å². The van der Waals surface area contributed by atoms with Gasteiger partial charge in [0, 0.05) is 37.2 Å². The summed E-state index contributed by atoms with van der Waals surface area (Å²) in [5.41, 5.74) is 4.68. The van der Waals surface area contributed by atoms with Crippen molar-refractivity contribution >= 4 is 11.6 Å². The summed E-state index contributed by atoms with van der Waals surface area (Å²) in [5, 5.41) is 0. The Labute approximate surface area is 132 Å². The molecule has 0 saturated heterocycles. The topological polar surface area (TPSA) is 24.2 Å². The summed E-state index contributed by atoms with van der Waals surface area (Å²) in [4.78, 5) is 15.1. The van der Waals surface area contributed by atoms with Crippen LogP contribution in [0.4, 0.5) is 5.69 Å². The van der Waals surface area contributed by atoms with E-state index in [1.807, 2.05) is 36.2 Å². The number of fused-ring (bicyclic) bond motifs is 1. The van der Waals surface area contributed by atoms with E-state index in [2.05, 4.69) is 43.5 Å². The van der Waals surface area contributed by atoms with Crippen molar-refractivity contribution < 1.29 is 9.36 Å². The third kappa shape index (κ3) is 2.31. The van der Waals surface area contributed by atoms with E-state index in [0.29, 0.717) is 0 Å². The Balaban J connectivity index is 1.96. The summed E-state index contributed by atoms with van der Waals surface area (Å²) in [6, 6.07) is 12.3. The molecule has 3 rings (SSSR count). The van der Waals surface area contributed by atoms with Crippen molar-refractivity contribution in [1.82, 2.24) is 0 Å². The number of pyridine rings is 1. The number of aryl methyl sites for hydroxylation is 1. The molecule has 0 N–H and O–H groups in total. The molecule has 0 aliphatic carbocycles. The maximum absolute atomic E-state index is 13.1. The number of nitrogens with zero attached hydrogens (tertiary/aromatic N) is 2. The Morgan fingerprint density at radius 2 is 1.95 bits per heavy atom. The number of rotatable bonds is 2. The van der Waals surface area contributed by atoms with Crippen LogP contribution in [0.3, 0.4) is 0 Å². The summed E-state index contributed by atoms with van der Waals surface area (Å²) < 4.78 is 2.07. The Bertz CT molecular complexity index is 723. The summed E-state index contributed by atoms with van der Waals surface area (Å²) in [6.07, 6.45) is 2.93. The average Bonchev–Trinajstić information content (AvgIpc) is 2.84. The first-order chi connectivity index (χ1) is 10.5. The molecule has 22 heavy (non-hydrogen) atoms. The number of anilines is 1. The van der Waals surface area contributed by atoms with E-state index in [0.717, 1.165) is 17.8 Å². The largest absolute Gasteiger partial charge is 0.303 e. The van der Waals surface area contributed by atoms with Crippen LogP contribution in [0.1, 0.15) is 36.7 Å². The van der Waals surface area contributed by atoms with Gasteiger partial charge in [0.15, 0.2) is 11.9 Å². The van der Waals surface area contributed by atoms with Gasteiger partial charge in [-0.05, 0) is 38.0 Å². The number of hydrogen-bond acceptors (Lipinski definition) is 1. The summed E-state index contributed by atoms with van der Waals surface area (Å²) in [7, 11) is 0. The summed E-state index contributed by atoms with van der Waals surface area (Å²) in [5.74, 6) is 0.163. The van der Waals surface area contributed by atoms with E-state index in [1.165, 1.54) is 11.1 Å². The Morgan fingerprint density at radius 1 is 1.23 bits per heavy atom. The van der Waals surface area contributed by atoms with Crippen LogP contribution in [0.15, 0.2) is 42.6 Å². The van der Waals surface area contributed by atoms with Crippen molar-refractivity contribution in [2.24, 2.45) is 0 Å². The van der Waals surface area contributed by atoms with E-state index in [-0.39, 0.29) is 18.0 Å². The molecule has 2 aromatic rings. The molecule has 0 fully saturated rings. The number of para-hydroxylation sites is 1. The van der Waals surface area contributed by atoms with Gasteiger partial charge in [-0.2, -0.15) is 4.57 Å². The van der Waals surface area contributed by atoms with Gasteiger partial charge < -0.3 is 4.90 Å². The maximum atomic E-state index is 13.1. The highest BCUT2D eigenvalue weighted by molar-refractivity contribution is 5.97. The fraction of sp³-hybridized carbons (Fsp3) is 0.368.